The molecule has 468 valence electrons. The Hall–Kier alpha value is -7.83. The van der Waals surface area contributed by atoms with Gasteiger partial charge in [0, 0.05) is 130 Å². The fraction of sp³-hybridized carbons (Fsp3) is 0.589. The van der Waals surface area contributed by atoms with Crippen LogP contribution in [0.15, 0.2) is 36.4 Å². The maximum Gasteiger partial charge on any atom is 0.317 e. The number of likely N-dealkylation sites (N-methyl/N-ethyl adjacent to an activating group) is 2. The van der Waals surface area contributed by atoms with Gasteiger partial charge in [0.05, 0.1) is 44.8 Å². The van der Waals surface area contributed by atoms with E-state index in [2.05, 4.69) is 31.0 Å². The number of nitrogens with two attached hydrogens (primary N) is 1. The fourth-order valence-corrected chi connectivity index (χ4v) is 9.96. The third kappa shape index (κ3) is 21.6. The van der Waals surface area contributed by atoms with E-state index in [4.69, 9.17) is 5.73 Å². The van der Waals surface area contributed by atoms with Crippen molar-refractivity contribution >= 4 is 53.4 Å². The van der Waals surface area contributed by atoms with E-state index in [1.54, 1.807) is 42.1 Å². The summed E-state index contributed by atoms with van der Waals surface area (Å²) in [6.45, 7) is 8.63. The SMILES string of the molecule is CCNC(=O)c1nnc(-c2cc(C(C)C)c(O)cc2O)n1-c1ccc(CN2CCN(C(=O)CCNC(=O)CN(C)C(=O)[C@@H](CCCCN)NC(=O)CN(C)C(=O)CN3CCN(CC(=O)O)CCN(CC(=O)O)CCN(CC(=O)O)CC3)CC2)cc1. The highest BCUT2D eigenvalue weighted by Gasteiger charge is 2.29. The van der Waals surface area contributed by atoms with Crippen LogP contribution in [0.5, 0.6) is 11.5 Å². The third-order valence-corrected chi connectivity index (χ3v) is 14.7. The van der Waals surface area contributed by atoms with Crippen LogP contribution in [0.2, 0.25) is 0 Å². The van der Waals surface area contributed by atoms with Gasteiger partial charge in [-0.2, -0.15) is 0 Å². The van der Waals surface area contributed by atoms with E-state index in [1.807, 2.05) is 38.1 Å². The van der Waals surface area contributed by atoms with Crippen molar-refractivity contribution in [2.45, 2.75) is 65.0 Å². The second-order valence-corrected chi connectivity index (χ2v) is 21.7. The van der Waals surface area contributed by atoms with Gasteiger partial charge in [-0.05, 0) is 68.0 Å². The average molecular weight is 1190 g/mol. The molecule has 1 aromatic heterocycles. The molecule has 5 rings (SSSR count). The molecule has 1 atom stereocenters. The minimum Gasteiger partial charge on any atom is -0.508 e. The number of amides is 6. The van der Waals surface area contributed by atoms with Crippen LogP contribution in [-0.2, 0) is 44.9 Å². The summed E-state index contributed by atoms with van der Waals surface area (Å²) >= 11 is 0. The van der Waals surface area contributed by atoms with Gasteiger partial charge in [0.1, 0.15) is 17.5 Å². The minimum absolute atomic E-state index is 0.0207. The number of rotatable bonds is 28. The van der Waals surface area contributed by atoms with E-state index >= 15 is 0 Å². The monoisotopic (exact) mass is 1190 g/mol. The number of aromatic nitrogens is 3. The molecule has 3 aromatic rings. The van der Waals surface area contributed by atoms with Crippen molar-refractivity contribution in [2.24, 2.45) is 5.73 Å². The van der Waals surface area contributed by atoms with Crippen LogP contribution in [0.1, 0.15) is 74.1 Å². The molecule has 29 nitrogen and oxygen atoms in total. The molecule has 2 aliphatic heterocycles. The normalized spacial score (nSPS) is 15.7. The van der Waals surface area contributed by atoms with Crippen molar-refractivity contribution in [1.82, 2.24) is 69.9 Å². The Morgan fingerprint density at radius 2 is 1.18 bits per heavy atom. The lowest BCUT2D eigenvalue weighted by Crippen LogP contribution is -2.53. The number of piperazine rings is 1. The Labute approximate surface area is 494 Å². The first-order valence-corrected chi connectivity index (χ1v) is 28.7. The van der Waals surface area contributed by atoms with Crippen molar-refractivity contribution in [3.8, 4) is 28.6 Å². The number of carboxylic acid groups (broad SMARTS) is 3. The van der Waals surface area contributed by atoms with Crippen LogP contribution >= 0.6 is 0 Å². The van der Waals surface area contributed by atoms with Gasteiger partial charge in [-0.1, -0.05) is 26.0 Å². The maximum absolute atomic E-state index is 13.8. The molecule has 0 unspecified atom stereocenters. The first-order chi connectivity index (χ1) is 40.5. The molecular weight excluding hydrogens is 1110 g/mol. The number of benzene rings is 2. The zero-order valence-electron chi connectivity index (χ0n) is 49.4. The van der Waals surface area contributed by atoms with E-state index in [1.165, 1.54) is 30.0 Å². The molecule has 2 fully saturated rings. The Kier molecular flexibility index (Phi) is 26.9. The molecule has 2 aromatic carbocycles. The van der Waals surface area contributed by atoms with E-state index in [-0.39, 0.29) is 139 Å². The molecule has 85 heavy (non-hydrogen) atoms. The van der Waals surface area contributed by atoms with Crippen molar-refractivity contribution < 1.29 is 68.7 Å². The van der Waals surface area contributed by atoms with Gasteiger partial charge in [-0.15, -0.1) is 10.2 Å². The lowest BCUT2D eigenvalue weighted by Gasteiger charge is -2.35. The smallest absolute Gasteiger partial charge is 0.317 e. The van der Waals surface area contributed by atoms with Gasteiger partial charge in [-0.25, -0.2) is 0 Å². The molecule has 2 saturated heterocycles. The maximum atomic E-state index is 13.8. The number of aliphatic carboxylic acids is 3. The number of unbranched alkanes of at least 4 members (excludes halogenated alkanes) is 1. The number of carbonyl (C=O) groups excluding carboxylic acids is 6. The number of nitrogens with zero attached hydrogens (tertiary/aromatic N) is 11. The molecule has 0 aliphatic carbocycles. The van der Waals surface area contributed by atoms with Crippen LogP contribution in [0, 0.1) is 0 Å². The Morgan fingerprint density at radius 1 is 0.647 bits per heavy atom. The van der Waals surface area contributed by atoms with E-state index in [0.29, 0.717) is 75.5 Å². The molecular formula is C56H85N15O14. The summed E-state index contributed by atoms with van der Waals surface area (Å²) in [5, 5.41) is 66.6. The number of carboxylic acids is 3. The van der Waals surface area contributed by atoms with E-state index < -0.39 is 60.0 Å². The quantitative estimate of drug-likeness (QED) is 0.0369. The summed E-state index contributed by atoms with van der Waals surface area (Å²) in [5.74, 6) is -6.15. The number of carbonyl (C=O) groups is 9. The van der Waals surface area contributed by atoms with Crippen molar-refractivity contribution in [2.75, 3.05) is 152 Å². The van der Waals surface area contributed by atoms with Gasteiger partial charge in [0.2, 0.25) is 35.4 Å². The summed E-state index contributed by atoms with van der Waals surface area (Å²) in [5.41, 5.74) is 8.16. The first-order valence-electron chi connectivity index (χ1n) is 28.7. The average Bonchev–Trinajstić information content (AvgIpc) is 3.22. The highest BCUT2D eigenvalue weighted by atomic mass is 16.4. The number of nitrogens with one attached hydrogen (secondary N) is 3. The van der Waals surface area contributed by atoms with E-state index in [9.17, 15) is 68.7 Å². The summed E-state index contributed by atoms with van der Waals surface area (Å²) in [4.78, 5) is 128. The van der Waals surface area contributed by atoms with Crippen LogP contribution in [-0.4, -0.2) is 290 Å². The zero-order valence-corrected chi connectivity index (χ0v) is 49.4. The molecule has 10 N–H and O–H groups in total. The van der Waals surface area contributed by atoms with Crippen LogP contribution < -0.4 is 21.7 Å². The van der Waals surface area contributed by atoms with Crippen molar-refractivity contribution in [3.63, 3.8) is 0 Å². The molecule has 0 saturated carbocycles. The summed E-state index contributed by atoms with van der Waals surface area (Å²) in [7, 11) is 2.84. The Bertz CT molecular complexity index is 2740. The van der Waals surface area contributed by atoms with Crippen molar-refractivity contribution in [3.05, 3.63) is 53.3 Å². The molecule has 3 heterocycles. The molecule has 2 aliphatic rings. The predicted octanol–water partition coefficient (Wildman–Crippen LogP) is -1.62. The Morgan fingerprint density at radius 3 is 1.69 bits per heavy atom. The van der Waals surface area contributed by atoms with Gasteiger partial charge in [0.25, 0.3) is 5.91 Å². The van der Waals surface area contributed by atoms with Gasteiger partial charge < -0.3 is 61.9 Å². The topological polar surface area (TPSA) is 374 Å². The number of phenolic OH excluding ortho intramolecular Hbond substituents is 2. The second-order valence-electron chi connectivity index (χ2n) is 21.7. The first kappa shape index (κ1) is 68.0. The van der Waals surface area contributed by atoms with Crippen LogP contribution in [0.25, 0.3) is 17.1 Å². The number of aromatic hydroxyl groups is 2. The zero-order chi connectivity index (χ0) is 62.3. The third-order valence-electron chi connectivity index (χ3n) is 14.7. The second kappa shape index (κ2) is 33.6. The molecule has 29 heteroatoms. The number of phenols is 2. The van der Waals surface area contributed by atoms with E-state index in [0.717, 1.165) is 5.56 Å². The van der Waals surface area contributed by atoms with Gasteiger partial charge in [-0.3, -0.25) is 72.2 Å². The predicted molar refractivity (Wildman–Crippen MR) is 310 cm³/mol. The highest BCUT2D eigenvalue weighted by Crippen LogP contribution is 2.38. The van der Waals surface area contributed by atoms with Crippen LogP contribution in [0.3, 0.4) is 0 Å². The largest absolute Gasteiger partial charge is 0.508 e. The fourth-order valence-electron chi connectivity index (χ4n) is 9.96. The van der Waals surface area contributed by atoms with Crippen molar-refractivity contribution in [1.29, 1.82) is 0 Å². The summed E-state index contributed by atoms with van der Waals surface area (Å²) in [6, 6.07) is 9.34. The molecule has 0 spiro atoms. The number of hydrogen-bond acceptors (Lipinski definition) is 19. The molecule has 0 bridgehead atoms. The summed E-state index contributed by atoms with van der Waals surface area (Å²) in [6.07, 6.45) is 1.25. The van der Waals surface area contributed by atoms with Gasteiger partial charge >= 0.3 is 17.9 Å². The molecule has 0 radical (unpaired) electrons. The summed E-state index contributed by atoms with van der Waals surface area (Å²) < 4.78 is 1.57. The highest BCUT2D eigenvalue weighted by molar-refractivity contribution is 5.93. The number of hydrogen-bond donors (Lipinski definition) is 9. The molecule has 6 amide bonds. The standard InChI is InChI=1S/C56H85N15O14/c1-6-58-55(84)54-62-61-53(42-29-41(38(2)3)44(72)30-45(42)73)71(54)40-12-10-39(11-13-40)31-65-25-27-70(28-26-65)48(76)14-16-59-46(74)32-64(5)56(85)43(9-7-8-15-57)60-47(75)33-63(4)49(77)34-66-17-19-67(35-50(78)79)21-23-69(37-52(82)83)24-22-68(20-18-66)36-51(80)81/h10-13,29-30,38,43,72-73H,6-9,14-28,31-37,57H2,1-5H3,(H,58,84)(H,59,74)(H,60,75)(H,78,79)(H,80,81)(H,82,83)/t43-/m1/s1. The minimum atomic E-state index is -1.09. The Balaban J connectivity index is 1.09. The van der Waals surface area contributed by atoms with Gasteiger partial charge in [0.15, 0.2) is 5.82 Å². The van der Waals surface area contributed by atoms with Crippen LogP contribution in [0.4, 0.5) is 0 Å². The lowest BCUT2D eigenvalue weighted by atomic mass is 9.98. The lowest BCUT2D eigenvalue weighted by molar-refractivity contribution is -0.141.